The van der Waals surface area contributed by atoms with Gasteiger partial charge in [0.2, 0.25) is 5.91 Å². The average Bonchev–Trinajstić information content (AvgIpc) is 3.10. The summed E-state index contributed by atoms with van der Waals surface area (Å²) < 4.78 is 2.78. The Hall–Kier alpha value is -3.81. The summed E-state index contributed by atoms with van der Waals surface area (Å²) >= 11 is 0. The van der Waals surface area contributed by atoms with Gasteiger partial charge >= 0.3 is 0 Å². The van der Waals surface area contributed by atoms with E-state index in [0.29, 0.717) is 11.3 Å². The normalized spacial score (nSPS) is 11.1. The van der Waals surface area contributed by atoms with Crippen LogP contribution in [0.15, 0.2) is 47.5 Å². The molecule has 0 aliphatic rings. The van der Waals surface area contributed by atoms with Crippen LogP contribution in [0.1, 0.15) is 22.3 Å². The Morgan fingerprint density at radius 2 is 1.73 bits per heavy atom. The fourth-order valence-corrected chi connectivity index (χ4v) is 3.50. The van der Waals surface area contributed by atoms with E-state index in [1.165, 1.54) is 15.6 Å². The molecule has 4 rings (SSSR count). The standard InChI is InChI=1S/C22H22N6O2/c1-13-5-6-18(16(4)8-13)24-19(29)11-27-12-23-21-20(22(27)30)25-26-28(21)17-9-14(2)7-15(3)10-17/h5-10,12H,11H2,1-4H3,(H,24,29). The highest BCUT2D eigenvalue weighted by Crippen LogP contribution is 2.17. The number of amides is 1. The van der Waals surface area contributed by atoms with Crippen molar-refractivity contribution in [2.45, 2.75) is 34.2 Å². The summed E-state index contributed by atoms with van der Waals surface area (Å²) in [6.45, 7) is 7.73. The predicted molar refractivity (Wildman–Crippen MR) is 115 cm³/mol. The lowest BCUT2D eigenvalue weighted by Crippen LogP contribution is -2.28. The van der Waals surface area contributed by atoms with Gasteiger partial charge < -0.3 is 5.32 Å². The number of fused-ring (bicyclic) bond motifs is 1. The number of anilines is 1. The quantitative estimate of drug-likeness (QED) is 0.566. The highest BCUT2D eigenvalue weighted by molar-refractivity contribution is 5.91. The van der Waals surface area contributed by atoms with E-state index in [4.69, 9.17) is 0 Å². The molecular weight excluding hydrogens is 380 g/mol. The number of aryl methyl sites for hydroxylation is 4. The Kier molecular flexibility index (Phi) is 4.91. The lowest BCUT2D eigenvalue weighted by molar-refractivity contribution is -0.116. The molecule has 30 heavy (non-hydrogen) atoms. The number of hydrogen-bond donors (Lipinski definition) is 1. The SMILES string of the molecule is Cc1cc(C)cc(-n2nnc3c(=O)n(CC(=O)Nc4ccc(C)cc4C)cnc32)c1. The fourth-order valence-electron chi connectivity index (χ4n) is 3.50. The van der Waals surface area contributed by atoms with E-state index in [0.717, 1.165) is 27.9 Å². The van der Waals surface area contributed by atoms with E-state index in [9.17, 15) is 9.59 Å². The van der Waals surface area contributed by atoms with Gasteiger partial charge in [-0.15, -0.1) is 5.10 Å². The number of nitrogens with zero attached hydrogens (tertiary/aromatic N) is 5. The number of carbonyl (C=O) groups is 1. The molecule has 8 nitrogen and oxygen atoms in total. The summed E-state index contributed by atoms with van der Waals surface area (Å²) in [5, 5.41) is 11.0. The van der Waals surface area contributed by atoms with Crippen molar-refractivity contribution < 1.29 is 4.79 Å². The zero-order valence-corrected chi connectivity index (χ0v) is 17.3. The molecule has 0 saturated heterocycles. The third-order valence-corrected chi connectivity index (χ3v) is 4.85. The van der Waals surface area contributed by atoms with E-state index in [-0.39, 0.29) is 18.0 Å². The Bertz CT molecular complexity index is 1320. The van der Waals surface area contributed by atoms with Gasteiger partial charge in [0.25, 0.3) is 5.56 Å². The van der Waals surface area contributed by atoms with Gasteiger partial charge in [0.05, 0.1) is 5.69 Å². The maximum Gasteiger partial charge on any atom is 0.284 e. The first kappa shape index (κ1) is 19.5. The first-order chi connectivity index (χ1) is 14.3. The second-order valence-corrected chi connectivity index (χ2v) is 7.56. The zero-order chi connectivity index (χ0) is 21.4. The Morgan fingerprint density at radius 1 is 1.00 bits per heavy atom. The molecule has 0 unspecified atom stereocenters. The van der Waals surface area contributed by atoms with E-state index in [1.807, 2.05) is 58.0 Å². The summed E-state index contributed by atoms with van der Waals surface area (Å²) in [6, 6.07) is 11.7. The number of aromatic nitrogens is 5. The molecule has 0 radical (unpaired) electrons. The van der Waals surface area contributed by atoms with Gasteiger partial charge in [0.1, 0.15) is 12.9 Å². The van der Waals surface area contributed by atoms with Gasteiger partial charge in [0.15, 0.2) is 11.2 Å². The molecule has 0 fully saturated rings. The van der Waals surface area contributed by atoms with Crippen molar-refractivity contribution in [2.75, 3.05) is 5.32 Å². The molecule has 0 aliphatic heterocycles. The summed E-state index contributed by atoms with van der Waals surface area (Å²) in [5.74, 6) is -0.313. The third-order valence-electron chi connectivity index (χ3n) is 4.85. The van der Waals surface area contributed by atoms with Crippen LogP contribution in [0.3, 0.4) is 0 Å². The number of carbonyl (C=O) groups excluding carboxylic acids is 1. The van der Waals surface area contributed by atoms with Crippen LogP contribution >= 0.6 is 0 Å². The van der Waals surface area contributed by atoms with Crippen LogP contribution < -0.4 is 10.9 Å². The summed E-state index contributed by atoms with van der Waals surface area (Å²) in [6.07, 6.45) is 1.36. The van der Waals surface area contributed by atoms with Crippen LogP contribution in [0, 0.1) is 27.7 Å². The second-order valence-electron chi connectivity index (χ2n) is 7.56. The van der Waals surface area contributed by atoms with Crippen molar-refractivity contribution in [1.82, 2.24) is 24.5 Å². The molecule has 0 aliphatic carbocycles. The van der Waals surface area contributed by atoms with Gasteiger partial charge in [-0.1, -0.05) is 29.0 Å². The molecule has 0 atom stereocenters. The molecule has 0 bridgehead atoms. The van der Waals surface area contributed by atoms with Crippen LogP contribution in [0.2, 0.25) is 0 Å². The molecule has 2 aromatic carbocycles. The first-order valence-corrected chi connectivity index (χ1v) is 9.58. The molecule has 1 N–H and O–H groups in total. The minimum Gasteiger partial charge on any atom is -0.324 e. The lowest BCUT2D eigenvalue weighted by Gasteiger charge is -2.10. The van der Waals surface area contributed by atoms with Gasteiger partial charge in [-0.25, -0.2) is 4.98 Å². The maximum atomic E-state index is 12.8. The van der Waals surface area contributed by atoms with Crippen LogP contribution in [-0.2, 0) is 11.3 Å². The molecule has 0 saturated carbocycles. The molecule has 8 heteroatoms. The smallest absolute Gasteiger partial charge is 0.284 e. The maximum absolute atomic E-state index is 12.8. The topological polar surface area (TPSA) is 94.7 Å². The second kappa shape index (κ2) is 7.55. The highest BCUT2D eigenvalue weighted by atomic mass is 16.2. The highest BCUT2D eigenvalue weighted by Gasteiger charge is 2.15. The molecule has 152 valence electrons. The predicted octanol–water partition coefficient (Wildman–Crippen LogP) is 2.85. The van der Waals surface area contributed by atoms with E-state index < -0.39 is 5.56 Å². The van der Waals surface area contributed by atoms with Crippen molar-refractivity contribution >= 4 is 22.8 Å². The summed E-state index contributed by atoms with van der Waals surface area (Å²) in [5.41, 5.74) is 5.79. The van der Waals surface area contributed by atoms with Crippen molar-refractivity contribution in [3.05, 3.63) is 75.3 Å². The number of hydrogen-bond acceptors (Lipinski definition) is 5. The lowest BCUT2D eigenvalue weighted by atomic mass is 10.1. The summed E-state index contributed by atoms with van der Waals surface area (Å²) in [7, 11) is 0. The Labute approximate surface area is 173 Å². The molecular formula is C22H22N6O2. The molecule has 4 aromatic rings. The van der Waals surface area contributed by atoms with Gasteiger partial charge in [-0.05, 0) is 62.6 Å². The van der Waals surface area contributed by atoms with E-state index >= 15 is 0 Å². The third kappa shape index (κ3) is 3.71. The number of nitrogens with one attached hydrogen (secondary N) is 1. The van der Waals surface area contributed by atoms with Crippen LogP contribution in [0.5, 0.6) is 0 Å². The van der Waals surface area contributed by atoms with Crippen molar-refractivity contribution in [3.63, 3.8) is 0 Å². The largest absolute Gasteiger partial charge is 0.324 e. The monoisotopic (exact) mass is 402 g/mol. The van der Waals surface area contributed by atoms with Crippen molar-refractivity contribution in [3.8, 4) is 5.69 Å². The van der Waals surface area contributed by atoms with Crippen molar-refractivity contribution in [2.24, 2.45) is 0 Å². The van der Waals surface area contributed by atoms with Gasteiger partial charge in [-0.3, -0.25) is 14.2 Å². The number of benzene rings is 2. The van der Waals surface area contributed by atoms with Crippen LogP contribution in [-0.4, -0.2) is 30.5 Å². The number of rotatable bonds is 4. The minimum atomic E-state index is -0.411. The average molecular weight is 402 g/mol. The molecule has 2 heterocycles. The zero-order valence-electron chi connectivity index (χ0n) is 17.3. The Morgan fingerprint density at radius 3 is 2.43 bits per heavy atom. The van der Waals surface area contributed by atoms with Gasteiger partial charge in [0, 0.05) is 5.69 Å². The molecule has 1 amide bonds. The molecule has 2 aromatic heterocycles. The van der Waals surface area contributed by atoms with E-state index in [2.05, 4.69) is 26.7 Å². The summed E-state index contributed by atoms with van der Waals surface area (Å²) in [4.78, 5) is 29.7. The molecule has 0 spiro atoms. The van der Waals surface area contributed by atoms with Crippen LogP contribution in [0.4, 0.5) is 5.69 Å². The minimum absolute atomic E-state index is 0.121. The van der Waals surface area contributed by atoms with Gasteiger partial charge in [-0.2, -0.15) is 4.68 Å². The van der Waals surface area contributed by atoms with E-state index in [1.54, 1.807) is 0 Å². The fraction of sp³-hybridized carbons (Fsp3) is 0.227. The first-order valence-electron chi connectivity index (χ1n) is 9.58. The Balaban J connectivity index is 1.63. The van der Waals surface area contributed by atoms with Crippen LogP contribution in [0.25, 0.3) is 16.9 Å². The van der Waals surface area contributed by atoms with Crippen molar-refractivity contribution in [1.29, 1.82) is 0 Å².